The van der Waals surface area contributed by atoms with Crippen molar-refractivity contribution in [1.82, 2.24) is 19.6 Å². The van der Waals surface area contributed by atoms with Crippen molar-refractivity contribution in [3.05, 3.63) is 0 Å². The van der Waals surface area contributed by atoms with E-state index < -0.39 is 0 Å². The molecule has 1 aliphatic carbocycles. The molecule has 0 radical (unpaired) electrons. The van der Waals surface area contributed by atoms with Gasteiger partial charge >= 0.3 is 0 Å². The molecule has 0 aromatic rings. The monoisotopic (exact) mass is 753 g/mol. The van der Waals surface area contributed by atoms with E-state index in [1.165, 1.54) is 64.2 Å². The van der Waals surface area contributed by atoms with Crippen LogP contribution >= 0.6 is 0 Å². The van der Waals surface area contributed by atoms with E-state index in [1.54, 1.807) is 0 Å². The maximum Gasteiger partial charge on any atom is 0.0161 e. The normalized spacial score (nSPS) is 36.7. The van der Waals surface area contributed by atoms with Gasteiger partial charge in [-0.05, 0) is 249 Å². The third-order valence-corrected chi connectivity index (χ3v) is 17.8. The highest BCUT2D eigenvalue weighted by Crippen LogP contribution is 2.63. The predicted molar refractivity (Wildman–Crippen MR) is 236 cm³/mol. The summed E-state index contributed by atoms with van der Waals surface area (Å²) in [5.74, 6) is 6.39. The number of piperidine rings is 4. The zero-order chi connectivity index (χ0) is 40.8. The Kier molecular flexibility index (Phi) is 12.3. The van der Waals surface area contributed by atoms with Gasteiger partial charge in [0.2, 0.25) is 0 Å². The Hall–Kier alpha value is -0.160. The molecular weight excluding hydrogens is 657 g/mol. The summed E-state index contributed by atoms with van der Waals surface area (Å²) >= 11 is 0. The van der Waals surface area contributed by atoms with E-state index in [1.807, 2.05) is 0 Å². The standard InChI is InChI=1S/C50H96N4/c1-21-51-43(5,6)27-35(28-44(51,7)8)39-25-26-40(36-29-45(9,10)52(22-2)46(11,12)30-36)42(38-33-49(17,18)54(24-4)50(19,20)34-38)41(39)37-31-47(13,14)53(23-3)48(15,16)32-37/h35-42H,21-34H2,1-20H3. The predicted octanol–water partition coefficient (Wildman–Crippen LogP) is 12.4. The molecule has 5 rings (SSSR count). The summed E-state index contributed by atoms with van der Waals surface area (Å²) in [6.45, 7) is 56.1. The Morgan fingerprint density at radius 1 is 0.296 bits per heavy atom. The lowest BCUT2D eigenvalue weighted by Gasteiger charge is -2.65. The second-order valence-corrected chi connectivity index (χ2v) is 25.2. The van der Waals surface area contributed by atoms with E-state index in [0.29, 0.717) is 0 Å². The van der Waals surface area contributed by atoms with Crippen molar-refractivity contribution in [2.45, 2.75) is 247 Å². The van der Waals surface area contributed by atoms with Crippen molar-refractivity contribution in [3.8, 4) is 0 Å². The lowest BCUT2D eigenvalue weighted by molar-refractivity contribution is -0.158. The van der Waals surface area contributed by atoms with Crippen LogP contribution in [0.1, 0.15) is 203 Å². The first kappa shape index (κ1) is 44.9. The van der Waals surface area contributed by atoms with Crippen molar-refractivity contribution in [2.24, 2.45) is 47.3 Å². The van der Waals surface area contributed by atoms with Crippen LogP contribution in [0.4, 0.5) is 0 Å². The highest BCUT2D eigenvalue weighted by molar-refractivity contribution is 5.12. The van der Waals surface area contributed by atoms with Crippen LogP contribution in [0, 0.1) is 47.3 Å². The lowest BCUT2D eigenvalue weighted by Crippen LogP contribution is -2.66. The summed E-state index contributed by atoms with van der Waals surface area (Å²) in [5.41, 5.74) is 1.81. The van der Waals surface area contributed by atoms with Gasteiger partial charge in [0.15, 0.2) is 0 Å². The first-order chi connectivity index (χ1) is 24.5. The minimum atomic E-state index is 0.216. The van der Waals surface area contributed by atoms with E-state index >= 15 is 0 Å². The quantitative estimate of drug-likeness (QED) is 0.245. The van der Waals surface area contributed by atoms with Crippen LogP contribution in [0.15, 0.2) is 0 Å². The van der Waals surface area contributed by atoms with Gasteiger partial charge < -0.3 is 0 Å². The molecule has 0 N–H and O–H groups in total. The molecule has 4 heterocycles. The van der Waals surface area contributed by atoms with Gasteiger partial charge in [-0.15, -0.1) is 0 Å². The van der Waals surface area contributed by atoms with E-state index in [2.05, 4.69) is 158 Å². The molecule has 0 amide bonds. The molecule has 0 bridgehead atoms. The summed E-state index contributed by atoms with van der Waals surface area (Å²) in [6, 6.07) is 0. The van der Waals surface area contributed by atoms with Crippen LogP contribution in [0.3, 0.4) is 0 Å². The first-order valence-corrected chi connectivity index (χ1v) is 23.6. The van der Waals surface area contributed by atoms with Crippen LogP contribution in [0.2, 0.25) is 0 Å². The Balaban J connectivity index is 1.71. The molecular formula is C50H96N4. The molecule has 5 aliphatic rings. The van der Waals surface area contributed by atoms with Crippen LogP contribution in [-0.4, -0.2) is 90.1 Å². The molecule has 316 valence electrons. The van der Waals surface area contributed by atoms with E-state index in [-0.39, 0.29) is 44.3 Å². The van der Waals surface area contributed by atoms with Gasteiger partial charge in [0.25, 0.3) is 0 Å². The highest BCUT2D eigenvalue weighted by Gasteiger charge is 2.60. The van der Waals surface area contributed by atoms with Gasteiger partial charge in [-0.25, -0.2) is 0 Å². The number of likely N-dealkylation sites (tertiary alicyclic amines) is 4. The van der Waals surface area contributed by atoms with E-state index in [9.17, 15) is 0 Å². The van der Waals surface area contributed by atoms with Gasteiger partial charge in [-0.2, -0.15) is 0 Å². The van der Waals surface area contributed by atoms with Crippen LogP contribution < -0.4 is 0 Å². The fraction of sp³-hybridized carbons (Fsp3) is 1.00. The highest BCUT2D eigenvalue weighted by atomic mass is 15.3. The van der Waals surface area contributed by atoms with Gasteiger partial charge in [-0.1, -0.05) is 27.7 Å². The molecule has 4 heteroatoms. The molecule has 1 saturated carbocycles. The number of rotatable bonds is 8. The lowest BCUT2D eigenvalue weighted by atomic mass is 9.47. The second-order valence-electron chi connectivity index (χ2n) is 25.2. The Labute approximate surface area is 339 Å². The molecule has 4 saturated heterocycles. The average molecular weight is 753 g/mol. The Morgan fingerprint density at radius 2 is 0.463 bits per heavy atom. The summed E-state index contributed by atoms with van der Waals surface area (Å²) in [5, 5.41) is 0. The number of hydrogen-bond donors (Lipinski definition) is 0. The van der Waals surface area contributed by atoms with Crippen molar-refractivity contribution < 1.29 is 0 Å². The van der Waals surface area contributed by atoms with E-state index in [0.717, 1.165) is 73.5 Å². The van der Waals surface area contributed by atoms with Crippen molar-refractivity contribution in [3.63, 3.8) is 0 Å². The third kappa shape index (κ3) is 8.07. The number of hydrogen-bond acceptors (Lipinski definition) is 4. The van der Waals surface area contributed by atoms with E-state index in [4.69, 9.17) is 0 Å². The first-order valence-electron chi connectivity index (χ1n) is 23.6. The summed E-state index contributed by atoms with van der Waals surface area (Å²) < 4.78 is 0. The minimum absolute atomic E-state index is 0.216. The molecule has 0 spiro atoms. The fourth-order valence-electron chi connectivity index (χ4n) is 17.9. The smallest absolute Gasteiger partial charge is 0.0161 e. The van der Waals surface area contributed by atoms with Gasteiger partial charge in [0.1, 0.15) is 0 Å². The summed E-state index contributed by atoms with van der Waals surface area (Å²) in [4.78, 5) is 11.5. The average Bonchev–Trinajstić information content (AvgIpc) is 2.96. The van der Waals surface area contributed by atoms with Crippen LogP contribution in [0.25, 0.3) is 0 Å². The van der Waals surface area contributed by atoms with Gasteiger partial charge in [-0.3, -0.25) is 19.6 Å². The zero-order valence-corrected chi connectivity index (χ0v) is 40.3. The van der Waals surface area contributed by atoms with Crippen LogP contribution in [0.5, 0.6) is 0 Å². The molecule has 0 aromatic heterocycles. The SMILES string of the molecule is CCN1C(C)(C)CC(C2CCC(C3CC(C)(C)N(CC)C(C)(C)C3)C(C3CC(C)(C)N(CC)C(C)(C)C3)C2C2CC(C)(C)N(CC)C(C)(C)C2)CC1(C)C. The van der Waals surface area contributed by atoms with Crippen molar-refractivity contribution in [1.29, 1.82) is 0 Å². The fourth-order valence-corrected chi connectivity index (χ4v) is 17.9. The van der Waals surface area contributed by atoms with Crippen molar-refractivity contribution in [2.75, 3.05) is 26.2 Å². The minimum Gasteiger partial charge on any atom is -0.293 e. The molecule has 54 heavy (non-hydrogen) atoms. The molecule has 5 fully saturated rings. The maximum atomic E-state index is 2.89. The maximum absolute atomic E-state index is 2.89. The molecule has 4 unspecified atom stereocenters. The Morgan fingerprint density at radius 3 is 0.630 bits per heavy atom. The summed E-state index contributed by atoms with van der Waals surface area (Å²) in [7, 11) is 0. The van der Waals surface area contributed by atoms with Crippen LogP contribution in [-0.2, 0) is 0 Å². The zero-order valence-electron chi connectivity index (χ0n) is 40.3. The molecule has 4 nitrogen and oxygen atoms in total. The number of nitrogens with zero attached hydrogens (tertiary/aromatic N) is 4. The van der Waals surface area contributed by atoms with Crippen molar-refractivity contribution >= 4 is 0 Å². The second kappa shape index (κ2) is 14.8. The molecule has 4 atom stereocenters. The Bertz CT molecular complexity index is 1120. The molecule has 4 aliphatic heterocycles. The molecule has 0 aromatic carbocycles. The largest absolute Gasteiger partial charge is 0.293 e. The third-order valence-electron chi connectivity index (χ3n) is 17.8. The summed E-state index contributed by atoms with van der Waals surface area (Å²) in [6.07, 6.45) is 13.8. The van der Waals surface area contributed by atoms with Gasteiger partial charge in [0.05, 0.1) is 0 Å². The van der Waals surface area contributed by atoms with Gasteiger partial charge in [0, 0.05) is 44.3 Å². The topological polar surface area (TPSA) is 13.0 Å².